The third-order valence-electron chi connectivity index (χ3n) is 8.10. The van der Waals surface area contributed by atoms with Crippen LogP contribution < -0.4 is 0 Å². The highest BCUT2D eigenvalue weighted by Crippen LogP contribution is 2.35. The number of hydrogen-bond donors (Lipinski definition) is 0. The van der Waals surface area contributed by atoms with Crippen LogP contribution in [0.15, 0.2) is 55.1 Å². The van der Waals surface area contributed by atoms with E-state index in [4.69, 9.17) is 0 Å². The Morgan fingerprint density at radius 2 is 1.50 bits per heavy atom. The monoisotopic (exact) mass is 492 g/mol. The summed E-state index contributed by atoms with van der Waals surface area (Å²) in [6.45, 7) is 5.90. The van der Waals surface area contributed by atoms with Crippen molar-refractivity contribution in [1.29, 1.82) is 0 Å². The van der Waals surface area contributed by atoms with Crippen molar-refractivity contribution in [3.05, 3.63) is 83.7 Å². The highest BCUT2D eigenvalue weighted by atomic mass is 19.2. The molecule has 0 radical (unpaired) electrons. The Hall–Kier alpha value is -2.55. The zero-order chi connectivity index (χ0) is 25.5. The Morgan fingerprint density at radius 3 is 2.17 bits per heavy atom. The largest absolute Gasteiger partial charge is 0.206 e. The fourth-order valence-electron chi connectivity index (χ4n) is 5.81. The molecule has 0 nitrogen and oxygen atoms in total. The zero-order valence-electron chi connectivity index (χ0n) is 21.6. The topological polar surface area (TPSA) is 0 Å². The van der Waals surface area contributed by atoms with Crippen molar-refractivity contribution in [3.63, 3.8) is 0 Å². The normalized spacial score (nSPS) is 18.0. The summed E-state index contributed by atoms with van der Waals surface area (Å²) >= 11 is 0. The number of benzene rings is 3. The average molecular weight is 493 g/mol. The van der Waals surface area contributed by atoms with Gasteiger partial charge in [0.15, 0.2) is 11.6 Å². The van der Waals surface area contributed by atoms with Crippen molar-refractivity contribution in [2.45, 2.75) is 84.0 Å². The van der Waals surface area contributed by atoms with Gasteiger partial charge in [-0.15, -0.1) is 6.58 Å². The molecule has 0 aliphatic heterocycles. The van der Waals surface area contributed by atoms with Crippen LogP contribution in [0, 0.1) is 29.3 Å². The Labute approximate surface area is 214 Å². The molecule has 0 heterocycles. The molecule has 0 unspecified atom stereocenters. The SMILES string of the molecule is C=CCCc1cc2ccc(-c3ccc(CCC4CCC(CCCCC)CC4)cc3)c(F)c2c(F)c1F. The molecule has 1 saturated carbocycles. The summed E-state index contributed by atoms with van der Waals surface area (Å²) in [6.07, 6.45) is 15.7. The van der Waals surface area contributed by atoms with Crippen LogP contribution in [-0.2, 0) is 12.8 Å². The van der Waals surface area contributed by atoms with E-state index in [1.807, 2.05) is 24.3 Å². The van der Waals surface area contributed by atoms with Crippen LogP contribution in [0.4, 0.5) is 13.2 Å². The van der Waals surface area contributed by atoms with E-state index in [-0.39, 0.29) is 10.9 Å². The summed E-state index contributed by atoms with van der Waals surface area (Å²) < 4.78 is 44.8. The maximum Gasteiger partial charge on any atom is 0.169 e. The van der Waals surface area contributed by atoms with Gasteiger partial charge in [0.05, 0.1) is 5.39 Å². The third kappa shape index (κ3) is 6.22. The van der Waals surface area contributed by atoms with Crippen LogP contribution in [0.5, 0.6) is 0 Å². The molecule has 36 heavy (non-hydrogen) atoms. The summed E-state index contributed by atoms with van der Waals surface area (Å²) in [4.78, 5) is 0. The maximum atomic E-state index is 15.4. The van der Waals surface area contributed by atoms with Gasteiger partial charge in [-0.25, -0.2) is 13.2 Å². The van der Waals surface area contributed by atoms with Crippen molar-refractivity contribution >= 4 is 10.8 Å². The molecule has 1 aliphatic rings. The Balaban J connectivity index is 1.40. The summed E-state index contributed by atoms with van der Waals surface area (Å²) in [5.41, 5.74) is 2.48. The number of allylic oxidation sites excluding steroid dienone is 1. The van der Waals surface area contributed by atoms with E-state index in [0.717, 1.165) is 18.3 Å². The third-order valence-corrected chi connectivity index (χ3v) is 8.10. The molecular weight excluding hydrogens is 453 g/mol. The standard InChI is InChI=1S/C33H39F3/c1-3-5-7-8-23-10-12-24(13-11-23)14-15-25-16-18-26(19-17-25)29-21-20-27-22-28(9-6-4-2)31(34)33(36)30(27)32(29)35/h4,16-24H,2-3,5-15H2,1H3. The molecule has 0 aromatic heterocycles. The van der Waals surface area contributed by atoms with Gasteiger partial charge in [-0.05, 0) is 65.7 Å². The molecule has 3 aromatic rings. The summed E-state index contributed by atoms with van der Waals surface area (Å²) in [6, 6.07) is 12.8. The van der Waals surface area contributed by atoms with E-state index in [1.54, 1.807) is 24.3 Å². The lowest BCUT2D eigenvalue weighted by molar-refractivity contribution is 0.249. The van der Waals surface area contributed by atoms with Gasteiger partial charge in [-0.3, -0.25) is 0 Å². The lowest BCUT2D eigenvalue weighted by atomic mass is 9.78. The van der Waals surface area contributed by atoms with E-state index in [2.05, 4.69) is 13.5 Å². The number of hydrogen-bond acceptors (Lipinski definition) is 0. The van der Waals surface area contributed by atoms with Gasteiger partial charge < -0.3 is 0 Å². The van der Waals surface area contributed by atoms with Gasteiger partial charge >= 0.3 is 0 Å². The van der Waals surface area contributed by atoms with Crippen LogP contribution in [0.3, 0.4) is 0 Å². The van der Waals surface area contributed by atoms with E-state index < -0.39 is 17.5 Å². The highest BCUT2D eigenvalue weighted by Gasteiger charge is 2.21. The fourth-order valence-corrected chi connectivity index (χ4v) is 5.81. The minimum atomic E-state index is -1.11. The van der Waals surface area contributed by atoms with E-state index >= 15 is 4.39 Å². The average Bonchev–Trinajstić information content (AvgIpc) is 2.90. The van der Waals surface area contributed by atoms with Gasteiger partial charge in [-0.2, -0.15) is 0 Å². The Morgan fingerprint density at radius 1 is 0.806 bits per heavy atom. The smallest absolute Gasteiger partial charge is 0.169 e. The van der Waals surface area contributed by atoms with Gasteiger partial charge in [-0.1, -0.05) is 101 Å². The molecule has 4 rings (SSSR count). The molecule has 0 bridgehead atoms. The zero-order valence-corrected chi connectivity index (χ0v) is 21.6. The lowest BCUT2D eigenvalue weighted by Gasteiger charge is -2.28. The minimum absolute atomic E-state index is 0.251. The van der Waals surface area contributed by atoms with Crippen LogP contribution in [0.25, 0.3) is 21.9 Å². The number of unbranched alkanes of at least 4 members (excludes halogenated alkanes) is 2. The second kappa shape index (κ2) is 12.6. The summed E-state index contributed by atoms with van der Waals surface area (Å²) in [5.74, 6) is -1.05. The van der Waals surface area contributed by atoms with Crippen LogP contribution in [0.1, 0.15) is 82.3 Å². The van der Waals surface area contributed by atoms with Crippen LogP contribution >= 0.6 is 0 Å². The molecular formula is C33H39F3. The molecule has 192 valence electrons. The van der Waals surface area contributed by atoms with Gasteiger partial charge in [0.25, 0.3) is 0 Å². The minimum Gasteiger partial charge on any atom is -0.206 e. The van der Waals surface area contributed by atoms with Crippen molar-refractivity contribution in [2.75, 3.05) is 0 Å². The first-order chi connectivity index (χ1) is 17.5. The molecule has 0 amide bonds. The Bertz CT molecular complexity index is 1150. The second-order valence-corrected chi connectivity index (χ2v) is 10.6. The molecule has 0 saturated heterocycles. The first kappa shape index (κ1) is 26.5. The van der Waals surface area contributed by atoms with Crippen molar-refractivity contribution < 1.29 is 13.2 Å². The number of fused-ring (bicyclic) bond motifs is 1. The molecule has 3 heteroatoms. The molecule has 0 N–H and O–H groups in total. The first-order valence-corrected chi connectivity index (χ1v) is 13.8. The van der Waals surface area contributed by atoms with E-state index in [0.29, 0.717) is 29.4 Å². The summed E-state index contributed by atoms with van der Waals surface area (Å²) in [7, 11) is 0. The van der Waals surface area contributed by atoms with Crippen molar-refractivity contribution in [2.24, 2.45) is 11.8 Å². The maximum absolute atomic E-state index is 15.4. The number of aryl methyl sites for hydroxylation is 2. The lowest BCUT2D eigenvalue weighted by Crippen LogP contribution is -2.15. The van der Waals surface area contributed by atoms with Gasteiger partial charge in [0.1, 0.15) is 5.82 Å². The first-order valence-electron chi connectivity index (χ1n) is 13.8. The highest BCUT2D eigenvalue weighted by molar-refractivity contribution is 5.89. The van der Waals surface area contributed by atoms with E-state index in [9.17, 15) is 8.78 Å². The van der Waals surface area contributed by atoms with Crippen LogP contribution in [0.2, 0.25) is 0 Å². The molecule has 1 aliphatic carbocycles. The number of rotatable bonds is 11. The van der Waals surface area contributed by atoms with Gasteiger partial charge in [0, 0.05) is 5.56 Å². The number of halogens is 3. The predicted molar refractivity (Wildman–Crippen MR) is 146 cm³/mol. The van der Waals surface area contributed by atoms with E-state index in [1.165, 1.54) is 63.4 Å². The molecule has 0 atom stereocenters. The Kier molecular flexibility index (Phi) is 9.29. The summed E-state index contributed by atoms with van der Waals surface area (Å²) in [5, 5.41) is 0.104. The predicted octanol–water partition coefficient (Wildman–Crippen LogP) is 10.4. The molecule has 1 fully saturated rings. The quantitative estimate of drug-likeness (QED) is 0.184. The fraction of sp³-hybridized carbons (Fsp3) is 0.455. The van der Waals surface area contributed by atoms with Crippen molar-refractivity contribution in [3.8, 4) is 11.1 Å². The molecule has 3 aromatic carbocycles. The second-order valence-electron chi connectivity index (χ2n) is 10.6. The van der Waals surface area contributed by atoms with Crippen LogP contribution in [-0.4, -0.2) is 0 Å². The van der Waals surface area contributed by atoms with Crippen molar-refractivity contribution in [1.82, 2.24) is 0 Å². The van der Waals surface area contributed by atoms with Gasteiger partial charge in [0.2, 0.25) is 0 Å². The molecule has 0 spiro atoms.